The molecule has 0 amide bonds. The second-order valence-electron chi connectivity index (χ2n) is 9.03. The molecule has 0 saturated carbocycles. The van der Waals surface area contributed by atoms with Crippen LogP contribution in [-0.2, 0) is 39.9 Å². The van der Waals surface area contributed by atoms with E-state index < -0.39 is 83.3 Å². The van der Waals surface area contributed by atoms with Crippen LogP contribution < -0.4 is 64.8 Å². The van der Waals surface area contributed by atoms with Gasteiger partial charge in [0.15, 0.2) is 25.4 Å². The van der Waals surface area contributed by atoms with Crippen molar-refractivity contribution in [2.45, 2.75) is 19.6 Å². The fourth-order valence-electron chi connectivity index (χ4n) is 3.91. The summed E-state index contributed by atoms with van der Waals surface area (Å²) < 4.78 is 121. The number of phenols is 1. The first kappa shape index (κ1) is 41.3. The Morgan fingerprint density at radius 2 is 0.979 bits per heavy atom. The number of hydrogen-bond acceptors (Lipinski definition) is 16. The number of anilines is 1. The maximum absolute atomic E-state index is 12.1. The number of benzene rings is 4. The normalized spacial score (nSPS) is 12.5. The molecular formula is C26H19N5Na2O11S4. The minimum absolute atomic E-state index is 0. The van der Waals surface area contributed by atoms with Gasteiger partial charge >= 0.3 is 59.1 Å². The molecule has 0 atom stereocenters. The minimum atomic E-state index is -5.43. The van der Waals surface area contributed by atoms with E-state index in [1.165, 1.54) is 24.3 Å². The zero-order valence-electron chi connectivity index (χ0n) is 24.9. The van der Waals surface area contributed by atoms with Crippen molar-refractivity contribution in [2.24, 2.45) is 20.5 Å². The number of fused-ring (bicyclic) bond motifs is 1. The van der Waals surface area contributed by atoms with Gasteiger partial charge < -0.3 is 19.9 Å². The zero-order chi connectivity index (χ0) is 34.2. The molecule has 4 aromatic rings. The van der Waals surface area contributed by atoms with Gasteiger partial charge in [0.1, 0.15) is 31.6 Å². The third kappa shape index (κ3) is 8.83. The van der Waals surface area contributed by atoms with E-state index >= 15 is 0 Å². The van der Waals surface area contributed by atoms with Crippen LogP contribution in [0.15, 0.2) is 125 Å². The van der Waals surface area contributed by atoms with Gasteiger partial charge in [-0.1, -0.05) is 13.2 Å². The Balaban J connectivity index is 0.00000400. The van der Waals surface area contributed by atoms with Crippen molar-refractivity contribution in [3.63, 3.8) is 0 Å². The molecule has 4 rings (SSSR count). The number of hydrogen-bond donors (Lipinski definition) is 2. The monoisotopic (exact) mass is 751 g/mol. The summed E-state index contributed by atoms with van der Waals surface area (Å²) in [6, 6.07) is 10.6. The summed E-state index contributed by atoms with van der Waals surface area (Å²) in [4.78, 5) is -2.54. The van der Waals surface area contributed by atoms with Crippen LogP contribution in [0.2, 0.25) is 0 Å². The summed E-state index contributed by atoms with van der Waals surface area (Å²) in [7, 11) is -18.4. The van der Waals surface area contributed by atoms with E-state index in [0.717, 1.165) is 35.1 Å². The van der Waals surface area contributed by atoms with Crippen molar-refractivity contribution >= 4 is 79.1 Å². The molecule has 22 heteroatoms. The smallest absolute Gasteiger partial charge is 0.744 e. The molecule has 0 aliphatic rings. The van der Waals surface area contributed by atoms with Crippen LogP contribution in [0, 0.1) is 0 Å². The Morgan fingerprint density at radius 3 is 1.33 bits per heavy atom. The Hall–Kier alpha value is -2.86. The van der Waals surface area contributed by atoms with Crippen LogP contribution in [0.5, 0.6) is 5.75 Å². The van der Waals surface area contributed by atoms with Crippen LogP contribution in [0.25, 0.3) is 10.8 Å². The second-order valence-corrected chi connectivity index (χ2v) is 15.5. The topological polar surface area (TPSA) is 278 Å². The molecule has 0 aliphatic heterocycles. The van der Waals surface area contributed by atoms with Crippen molar-refractivity contribution in [1.82, 2.24) is 0 Å². The summed E-state index contributed by atoms with van der Waals surface area (Å²) in [5, 5.41) is 26.5. The van der Waals surface area contributed by atoms with Gasteiger partial charge in [-0.25, -0.2) is 33.7 Å². The van der Waals surface area contributed by atoms with Gasteiger partial charge in [0.25, 0.3) is 0 Å². The summed E-state index contributed by atoms with van der Waals surface area (Å²) in [5.74, 6) is -1.07. The number of aromatic hydroxyl groups is 1. The van der Waals surface area contributed by atoms with Gasteiger partial charge in [-0.2, -0.15) is 10.2 Å². The summed E-state index contributed by atoms with van der Waals surface area (Å²) in [6.45, 7) is 6.42. The SMILES string of the molecule is C=CS(=O)(=O)c1ccc(N=Nc2c(S(=O)(=O)[O-])cc3cc(S(=O)(=O)[O-])c(N=Nc4ccc(S(=O)(=O)C=C)cc4)c(O)c3c2N)cc1.[Na+].[Na+]. The first-order valence-corrected chi connectivity index (χ1v) is 18.0. The Labute approximate surface area is 319 Å². The molecule has 240 valence electrons. The third-order valence-corrected chi connectivity index (χ3v) is 10.6. The fourth-order valence-corrected chi connectivity index (χ4v) is 6.63. The predicted molar refractivity (Wildman–Crippen MR) is 162 cm³/mol. The Bertz CT molecular complexity index is 2270. The number of nitrogens with two attached hydrogens (primary N) is 1. The van der Waals surface area contributed by atoms with E-state index in [9.17, 15) is 47.9 Å². The zero-order valence-corrected chi connectivity index (χ0v) is 32.1. The summed E-state index contributed by atoms with van der Waals surface area (Å²) >= 11 is 0. The second kappa shape index (κ2) is 15.4. The molecule has 0 aromatic heterocycles. The number of rotatable bonds is 10. The van der Waals surface area contributed by atoms with E-state index in [1.807, 2.05) is 0 Å². The van der Waals surface area contributed by atoms with Gasteiger partial charge in [-0.3, -0.25) is 0 Å². The molecule has 3 N–H and O–H groups in total. The number of nitrogen functional groups attached to an aromatic ring is 1. The molecule has 4 aromatic carbocycles. The molecular weight excluding hydrogens is 733 g/mol. The number of nitrogens with zero attached hydrogens (tertiary/aromatic N) is 4. The number of sulfone groups is 2. The molecule has 0 radical (unpaired) electrons. The van der Waals surface area contributed by atoms with Gasteiger partial charge in [0, 0.05) is 10.8 Å². The molecule has 0 unspecified atom stereocenters. The minimum Gasteiger partial charge on any atom is -0.744 e. The predicted octanol–water partition coefficient (Wildman–Crippen LogP) is -1.39. The molecule has 0 saturated heterocycles. The van der Waals surface area contributed by atoms with E-state index in [2.05, 4.69) is 33.6 Å². The number of azo groups is 2. The maximum atomic E-state index is 12.1. The number of phenolic OH excluding ortho intramolecular Hbond substituents is 1. The fraction of sp³-hybridized carbons (Fsp3) is 0. The molecule has 0 aliphatic carbocycles. The summed E-state index contributed by atoms with van der Waals surface area (Å²) in [5.41, 5.74) is 3.67. The molecule has 0 spiro atoms. The van der Waals surface area contributed by atoms with Crippen LogP contribution >= 0.6 is 0 Å². The Morgan fingerprint density at radius 1 is 0.625 bits per heavy atom. The average Bonchev–Trinajstić information content (AvgIpc) is 2.99. The molecule has 0 heterocycles. The van der Waals surface area contributed by atoms with Crippen LogP contribution in [0.4, 0.5) is 28.4 Å². The van der Waals surface area contributed by atoms with Gasteiger partial charge in [0.05, 0.1) is 42.0 Å². The average molecular weight is 752 g/mol. The van der Waals surface area contributed by atoms with E-state index in [1.54, 1.807) is 0 Å². The van der Waals surface area contributed by atoms with E-state index in [-0.39, 0.29) is 80.3 Å². The van der Waals surface area contributed by atoms with Crippen molar-refractivity contribution in [3.8, 4) is 5.75 Å². The van der Waals surface area contributed by atoms with Crippen LogP contribution in [-0.4, -0.2) is 47.9 Å². The van der Waals surface area contributed by atoms with Crippen LogP contribution in [0.1, 0.15) is 0 Å². The standard InChI is InChI=1S/C26H21N5O11S4.2Na/c1-3-43(33,34)18-9-5-16(6-10-18)28-30-24-20(45(37,38)39)13-15-14-21(46(40,41)42)25(26(32)22(15)23(24)27)31-29-17-7-11-19(12-8-17)44(35,36)4-2;;/h3-14,32H,1-2,27H2,(H,37,38,39)(H,40,41,42);;/q;2*+1/p-2. The van der Waals surface area contributed by atoms with Crippen molar-refractivity contribution in [1.29, 1.82) is 0 Å². The van der Waals surface area contributed by atoms with Gasteiger partial charge in [-0.15, -0.1) is 10.2 Å². The third-order valence-electron chi connectivity index (χ3n) is 6.15. The van der Waals surface area contributed by atoms with Crippen molar-refractivity contribution in [3.05, 3.63) is 84.6 Å². The molecule has 16 nitrogen and oxygen atoms in total. The molecule has 0 bridgehead atoms. The van der Waals surface area contributed by atoms with Gasteiger partial charge in [-0.05, 0) is 66.0 Å². The first-order valence-electron chi connectivity index (χ1n) is 12.1. The van der Waals surface area contributed by atoms with Crippen LogP contribution in [0.3, 0.4) is 0 Å². The maximum Gasteiger partial charge on any atom is 1.00 e. The summed E-state index contributed by atoms with van der Waals surface area (Å²) in [6.07, 6.45) is 0. The van der Waals surface area contributed by atoms with Crippen molar-refractivity contribution < 1.29 is 107 Å². The largest absolute Gasteiger partial charge is 1.00 e. The molecule has 48 heavy (non-hydrogen) atoms. The van der Waals surface area contributed by atoms with E-state index in [4.69, 9.17) is 5.73 Å². The Kier molecular flexibility index (Phi) is 13.2. The van der Waals surface area contributed by atoms with Gasteiger partial charge in [0.2, 0.25) is 0 Å². The van der Waals surface area contributed by atoms with E-state index in [0.29, 0.717) is 12.1 Å². The quantitative estimate of drug-likeness (QED) is 0.0820. The molecule has 0 fully saturated rings. The van der Waals surface area contributed by atoms with Crippen molar-refractivity contribution in [2.75, 3.05) is 5.73 Å². The first-order chi connectivity index (χ1) is 21.3.